The molecule has 2 N–H and O–H groups in total. The number of halogens is 5. The molecule has 1 amide bonds. The van der Waals surface area contributed by atoms with Gasteiger partial charge in [-0.25, -0.2) is 17.6 Å². The zero-order chi connectivity index (χ0) is 35.9. The standard InChI is InChI=1S/C35H36ClF4N7O2S/c1-17-24(8-11-47(17)32(48)34(2,3)40)45(4)31-20-12-22(36)26(19-6-7-23(38)29-25(19)21(14-41)30(42)50-29)27(39)28(20)43-33(44-31)49-16-35-9-5-10-46(35)15-18(37)13-35/h6-7,12,17-18,24H,5,8-11,13,15-16,42H2,1-4H3/t17-,18-,24-,35+/m1/s1. The van der Waals surface area contributed by atoms with Crippen molar-refractivity contribution in [3.8, 4) is 23.2 Å². The Balaban J connectivity index is 1.37. The summed E-state index contributed by atoms with van der Waals surface area (Å²) in [4.78, 5) is 27.6. The minimum Gasteiger partial charge on any atom is -0.461 e. The van der Waals surface area contributed by atoms with Gasteiger partial charge >= 0.3 is 6.01 Å². The van der Waals surface area contributed by atoms with E-state index in [1.807, 2.05) is 13.0 Å². The lowest BCUT2D eigenvalue weighted by Crippen LogP contribution is -2.49. The van der Waals surface area contributed by atoms with E-state index in [1.54, 1.807) is 11.9 Å². The van der Waals surface area contributed by atoms with Crippen molar-refractivity contribution in [1.29, 1.82) is 5.26 Å². The molecule has 264 valence electrons. The second kappa shape index (κ2) is 12.4. The number of aromatic nitrogens is 2. The zero-order valence-electron chi connectivity index (χ0n) is 28.0. The molecule has 2 aromatic heterocycles. The van der Waals surface area contributed by atoms with Crippen molar-refractivity contribution < 1.29 is 27.1 Å². The number of hydrogen-bond donors (Lipinski definition) is 1. The summed E-state index contributed by atoms with van der Waals surface area (Å²) in [6, 6.07) is 5.13. The molecule has 5 heterocycles. The number of alkyl halides is 2. The van der Waals surface area contributed by atoms with Gasteiger partial charge in [0.15, 0.2) is 11.5 Å². The number of nitriles is 1. The predicted molar refractivity (Wildman–Crippen MR) is 186 cm³/mol. The van der Waals surface area contributed by atoms with Gasteiger partial charge in [-0.15, -0.1) is 11.3 Å². The number of benzene rings is 2. The van der Waals surface area contributed by atoms with Gasteiger partial charge in [-0.05, 0) is 64.3 Å². The fourth-order valence-electron chi connectivity index (χ4n) is 8.12. The van der Waals surface area contributed by atoms with E-state index < -0.39 is 41.0 Å². The van der Waals surface area contributed by atoms with Gasteiger partial charge in [0, 0.05) is 48.9 Å². The molecule has 3 saturated heterocycles. The maximum Gasteiger partial charge on any atom is 0.319 e. The first-order valence-corrected chi connectivity index (χ1v) is 17.7. The maximum absolute atomic E-state index is 17.1. The van der Waals surface area contributed by atoms with E-state index in [4.69, 9.17) is 27.1 Å². The first-order valence-electron chi connectivity index (χ1n) is 16.5. The van der Waals surface area contributed by atoms with Gasteiger partial charge in [0.25, 0.3) is 5.91 Å². The summed E-state index contributed by atoms with van der Waals surface area (Å²) in [5, 5.41) is 10.3. The smallest absolute Gasteiger partial charge is 0.319 e. The van der Waals surface area contributed by atoms with Crippen LogP contribution in [0.3, 0.4) is 0 Å². The topological polar surface area (TPSA) is 112 Å². The van der Waals surface area contributed by atoms with Crippen molar-refractivity contribution >= 4 is 60.7 Å². The van der Waals surface area contributed by atoms with Crippen molar-refractivity contribution in [2.75, 3.05) is 43.9 Å². The maximum atomic E-state index is 17.1. The lowest BCUT2D eigenvalue weighted by Gasteiger charge is -2.34. The lowest BCUT2D eigenvalue weighted by molar-refractivity contribution is -0.142. The number of nitrogens with zero attached hydrogens (tertiary/aromatic N) is 6. The largest absolute Gasteiger partial charge is 0.461 e. The number of anilines is 2. The van der Waals surface area contributed by atoms with Crippen LogP contribution >= 0.6 is 22.9 Å². The van der Waals surface area contributed by atoms with E-state index in [9.17, 15) is 23.2 Å². The summed E-state index contributed by atoms with van der Waals surface area (Å²) in [7, 11) is 1.75. The molecular formula is C35H36ClF4N7O2S. The average molecular weight is 730 g/mol. The van der Waals surface area contributed by atoms with E-state index in [0.717, 1.165) is 30.7 Å². The highest BCUT2D eigenvalue weighted by Crippen LogP contribution is 2.46. The number of likely N-dealkylation sites (N-methyl/N-ethyl adjacent to an activating group) is 1. The number of amides is 1. The number of likely N-dealkylation sites (tertiary alicyclic amines) is 1. The molecule has 0 bridgehead atoms. The molecular weight excluding hydrogens is 694 g/mol. The molecule has 0 unspecified atom stereocenters. The third kappa shape index (κ3) is 5.49. The quantitative estimate of drug-likeness (QED) is 0.202. The Bertz CT molecular complexity index is 2080. The number of hydrogen-bond acceptors (Lipinski definition) is 9. The van der Waals surface area contributed by atoms with Crippen LogP contribution in [-0.4, -0.2) is 88.4 Å². The number of carbonyl (C=O) groups excluding carboxylic acids is 1. The molecule has 4 aromatic rings. The third-order valence-corrected chi connectivity index (χ3v) is 11.9. The number of carbonyl (C=O) groups is 1. The van der Waals surface area contributed by atoms with Crippen molar-refractivity contribution in [3.63, 3.8) is 0 Å². The van der Waals surface area contributed by atoms with E-state index in [2.05, 4.69) is 9.88 Å². The molecule has 0 radical (unpaired) electrons. The van der Waals surface area contributed by atoms with Crippen LogP contribution in [-0.2, 0) is 4.79 Å². The highest BCUT2D eigenvalue weighted by molar-refractivity contribution is 7.23. The monoisotopic (exact) mass is 729 g/mol. The van der Waals surface area contributed by atoms with Crippen LogP contribution < -0.4 is 15.4 Å². The van der Waals surface area contributed by atoms with Gasteiger partial charge < -0.3 is 20.3 Å². The number of thiophene rings is 1. The average Bonchev–Trinajstić information content (AvgIpc) is 3.80. The van der Waals surface area contributed by atoms with Gasteiger partial charge in [0.05, 0.1) is 26.9 Å². The fraction of sp³-hybridized carbons (Fsp3) is 0.486. The van der Waals surface area contributed by atoms with Crippen LogP contribution in [0.15, 0.2) is 18.2 Å². The summed E-state index contributed by atoms with van der Waals surface area (Å²) >= 11 is 7.73. The van der Waals surface area contributed by atoms with E-state index >= 15 is 4.39 Å². The Hall–Kier alpha value is -3.93. The van der Waals surface area contributed by atoms with Crippen molar-refractivity contribution in [3.05, 3.63) is 40.4 Å². The summed E-state index contributed by atoms with van der Waals surface area (Å²) in [5.74, 6) is -1.83. The molecule has 15 heteroatoms. The van der Waals surface area contributed by atoms with E-state index in [-0.39, 0.29) is 72.2 Å². The van der Waals surface area contributed by atoms with E-state index in [1.165, 1.54) is 36.9 Å². The summed E-state index contributed by atoms with van der Waals surface area (Å²) < 4.78 is 67.6. The van der Waals surface area contributed by atoms with Crippen molar-refractivity contribution in [2.45, 2.75) is 75.9 Å². The first kappa shape index (κ1) is 34.5. The Morgan fingerprint density at radius 3 is 2.78 bits per heavy atom. The predicted octanol–water partition coefficient (Wildman–Crippen LogP) is 7.03. The van der Waals surface area contributed by atoms with Crippen molar-refractivity contribution in [1.82, 2.24) is 19.8 Å². The van der Waals surface area contributed by atoms with Gasteiger partial charge in [-0.3, -0.25) is 9.69 Å². The van der Waals surface area contributed by atoms with Crippen LogP contribution in [0, 0.1) is 23.0 Å². The fourth-order valence-corrected chi connectivity index (χ4v) is 9.37. The first-order chi connectivity index (χ1) is 23.6. The SMILES string of the molecule is C[C@@H]1[C@H](N(C)c2nc(OC[C@@]34CCCN3C[C@H](F)C4)nc3c(F)c(-c4ccc(F)c5sc(N)c(C#N)c45)c(Cl)cc23)CCN1C(=O)C(C)(C)F. The highest BCUT2D eigenvalue weighted by atomic mass is 35.5. The van der Waals surface area contributed by atoms with Crippen LogP contribution in [0.1, 0.15) is 52.0 Å². The van der Waals surface area contributed by atoms with Crippen LogP contribution in [0.25, 0.3) is 32.1 Å². The molecule has 0 spiro atoms. The Morgan fingerprint density at radius 2 is 2.06 bits per heavy atom. The molecule has 9 nitrogen and oxygen atoms in total. The molecule has 2 aromatic carbocycles. The zero-order valence-corrected chi connectivity index (χ0v) is 29.6. The number of nitrogens with two attached hydrogens (primary N) is 1. The van der Waals surface area contributed by atoms with Crippen LogP contribution in [0.4, 0.5) is 28.4 Å². The van der Waals surface area contributed by atoms with E-state index in [0.29, 0.717) is 25.9 Å². The van der Waals surface area contributed by atoms with Crippen LogP contribution in [0.5, 0.6) is 6.01 Å². The molecule has 0 saturated carbocycles. The Morgan fingerprint density at radius 1 is 1.30 bits per heavy atom. The molecule has 50 heavy (non-hydrogen) atoms. The van der Waals surface area contributed by atoms with Gasteiger partial charge in [-0.1, -0.05) is 17.7 Å². The summed E-state index contributed by atoms with van der Waals surface area (Å²) in [5.41, 5.74) is 3.40. The van der Waals surface area contributed by atoms with Gasteiger partial charge in [0.1, 0.15) is 41.0 Å². The lowest BCUT2D eigenvalue weighted by atomic mass is 9.95. The molecule has 7 rings (SSSR count). The minimum absolute atomic E-state index is 0.0103. The molecule has 4 atom stereocenters. The second-order valence-corrected chi connectivity index (χ2v) is 15.5. The minimum atomic E-state index is -2.06. The van der Waals surface area contributed by atoms with Crippen LogP contribution in [0.2, 0.25) is 5.02 Å². The number of nitrogen functional groups attached to an aromatic ring is 1. The molecule has 3 fully saturated rings. The molecule has 3 aliphatic heterocycles. The normalized spacial score (nSPS) is 23.9. The van der Waals surface area contributed by atoms with Crippen molar-refractivity contribution in [2.24, 2.45) is 0 Å². The summed E-state index contributed by atoms with van der Waals surface area (Å²) in [6.45, 7) is 5.75. The number of rotatable bonds is 7. The molecule has 3 aliphatic rings. The number of fused-ring (bicyclic) bond motifs is 3. The van der Waals surface area contributed by atoms with Gasteiger partial charge in [-0.2, -0.15) is 15.2 Å². The Labute approximate surface area is 295 Å². The number of ether oxygens (including phenoxy) is 1. The van der Waals surface area contributed by atoms with Gasteiger partial charge in [0.2, 0.25) is 0 Å². The highest BCUT2D eigenvalue weighted by Gasteiger charge is 2.49. The molecule has 0 aliphatic carbocycles. The second-order valence-electron chi connectivity index (χ2n) is 14.1. The summed E-state index contributed by atoms with van der Waals surface area (Å²) in [6.07, 6.45) is 1.44. The Kier molecular flexibility index (Phi) is 8.55. The third-order valence-electron chi connectivity index (χ3n) is 10.6.